The van der Waals surface area contributed by atoms with Crippen LogP contribution in [0, 0.1) is 0 Å². The summed E-state index contributed by atoms with van der Waals surface area (Å²) in [5, 5.41) is 2.21. The number of nitrogens with zero attached hydrogens (tertiary/aromatic N) is 1. The van der Waals surface area contributed by atoms with E-state index in [4.69, 9.17) is 5.73 Å². The van der Waals surface area contributed by atoms with Crippen LogP contribution in [0.2, 0.25) is 0 Å². The Morgan fingerprint density at radius 1 is 1.30 bits per heavy atom. The molecule has 3 heteroatoms. The summed E-state index contributed by atoms with van der Waals surface area (Å²) in [5.41, 5.74) is 8.99. The Labute approximate surface area is 125 Å². The highest BCUT2D eigenvalue weighted by molar-refractivity contribution is 7.10. The maximum atomic E-state index is 6.59. The Hall–Kier alpha value is -1.16. The van der Waals surface area contributed by atoms with Gasteiger partial charge in [0.05, 0.1) is 5.54 Å². The molecule has 2 nitrogen and oxygen atoms in total. The van der Waals surface area contributed by atoms with Crippen LogP contribution in [0.5, 0.6) is 0 Å². The predicted molar refractivity (Wildman–Crippen MR) is 86.0 cm³/mol. The molecular weight excluding hydrogens is 264 g/mol. The summed E-state index contributed by atoms with van der Waals surface area (Å²) >= 11 is 1.89. The quantitative estimate of drug-likeness (QED) is 0.935. The molecular formula is C17H22N2S. The van der Waals surface area contributed by atoms with Gasteiger partial charge < -0.3 is 5.73 Å². The Morgan fingerprint density at radius 2 is 2.05 bits per heavy atom. The first kappa shape index (κ1) is 13.8. The Kier molecular flexibility index (Phi) is 3.67. The molecule has 1 aromatic carbocycles. The molecule has 1 aromatic heterocycles. The highest BCUT2D eigenvalue weighted by Gasteiger charge is 2.30. The van der Waals surface area contributed by atoms with Crippen molar-refractivity contribution in [2.45, 2.75) is 31.8 Å². The summed E-state index contributed by atoms with van der Waals surface area (Å²) in [4.78, 5) is 4.06. The maximum absolute atomic E-state index is 6.59. The average Bonchev–Trinajstić information content (AvgIpc) is 2.92. The number of thiophene rings is 1. The molecule has 0 aliphatic carbocycles. The van der Waals surface area contributed by atoms with Gasteiger partial charge in [-0.3, -0.25) is 4.90 Å². The summed E-state index contributed by atoms with van der Waals surface area (Å²) in [7, 11) is 0. The second-order valence-corrected chi connectivity index (χ2v) is 6.98. The van der Waals surface area contributed by atoms with Gasteiger partial charge in [0.1, 0.15) is 0 Å². The fraction of sp³-hybridized carbons (Fsp3) is 0.412. The third-order valence-electron chi connectivity index (χ3n) is 4.37. The van der Waals surface area contributed by atoms with Crippen molar-refractivity contribution < 1.29 is 0 Å². The Balaban J connectivity index is 1.79. The largest absolute Gasteiger partial charge is 0.321 e. The Bertz CT molecular complexity index is 574. The topological polar surface area (TPSA) is 29.3 Å². The molecule has 0 radical (unpaired) electrons. The van der Waals surface area contributed by atoms with Crippen molar-refractivity contribution in [2.75, 3.05) is 13.1 Å². The van der Waals surface area contributed by atoms with Gasteiger partial charge in [-0.15, -0.1) is 11.3 Å². The molecule has 0 saturated carbocycles. The minimum absolute atomic E-state index is 0.303. The van der Waals surface area contributed by atoms with Gasteiger partial charge in [0, 0.05) is 24.0 Å². The number of hydrogen-bond acceptors (Lipinski definition) is 3. The van der Waals surface area contributed by atoms with E-state index >= 15 is 0 Å². The van der Waals surface area contributed by atoms with Crippen LogP contribution in [-0.2, 0) is 12.0 Å². The number of benzene rings is 1. The van der Waals surface area contributed by atoms with Crippen LogP contribution in [0.3, 0.4) is 0 Å². The third-order valence-corrected chi connectivity index (χ3v) is 5.37. The lowest BCUT2D eigenvalue weighted by atomic mass is 9.90. The molecule has 0 fully saturated rings. The molecule has 20 heavy (non-hydrogen) atoms. The fourth-order valence-electron chi connectivity index (χ4n) is 3.11. The third kappa shape index (κ3) is 2.53. The summed E-state index contributed by atoms with van der Waals surface area (Å²) in [6.45, 7) is 6.44. The zero-order chi connectivity index (χ0) is 14.2. The van der Waals surface area contributed by atoms with Crippen LogP contribution in [0.4, 0.5) is 0 Å². The van der Waals surface area contributed by atoms with Crippen molar-refractivity contribution in [3.63, 3.8) is 0 Å². The zero-order valence-electron chi connectivity index (χ0n) is 12.2. The monoisotopic (exact) mass is 286 g/mol. The van der Waals surface area contributed by atoms with Gasteiger partial charge in [0.15, 0.2) is 0 Å². The van der Waals surface area contributed by atoms with Crippen molar-refractivity contribution in [1.29, 1.82) is 0 Å². The fourth-order valence-corrected chi connectivity index (χ4v) is 4.07. The molecule has 2 unspecified atom stereocenters. The van der Waals surface area contributed by atoms with E-state index in [-0.39, 0.29) is 5.54 Å². The van der Waals surface area contributed by atoms with E-state index in [0.717, 1.165) is 19.5 Å². The van der Waals surface area contributed by atoms with Gasteiger partial charge in [-0.05, 0) is 42.8 Å². The normalized spacial score (nSPS) is 22.2. The first-order chi connectivity index (χ1) is 9.58. The van der Waals surface area contributed by atoms with Gasteiger partial charge in [0.25, 0.3) is 0 Å². The van der Waals surface area contributed by atoms with Crippen LogP contribution in [0.1, 0.15) is 35.9 Å². The second-order valence-electron chi connectivity index (χ2n) is 5.98. The lowest BCUT2D eigenvalue weighted by Crippen LogP contribution is -2.47. The van der Waals surface area contributed by atoms with Gasteiger partial charge in [-0.1, -0.05) is 30.3 Å². The Morgan fingerprint density at radius 3 is 2.80 bits per heavy atom. The molecule has 2 aromatic rings. The minimum Gasteiger partial charge on any atom is -0.321 e. The molecule has 3 rings (SSSR count). The first-order valence-electron chi connectivity index (χ1n) is 7.22. The molecule has 1 aliphatic heterocycles. The van der Waals surface area contributed by atoms with Gasteiger partial charge >= 0.3 is 0 Å². The van der Waals surface area contributed by atoms with Crippen molar-refractivity contribution in [2.24, 2.45) is 5.73 Å². The lowest BCUT2D eigenvalue weighted by molar-refractivity contribution is 0.159. The van der Waals surface area contributed by atoms with Gasteiger partial charge in [-0.2, -0.15) is 0 Å². The summed E-state index contributed by atoms with van der Waals surface area (Å²) in [6, 6.07) is 13.2. The predicted octanol–water partition coefficient (Wildman–Crippen LogP) is 3.54. The lowest BCUT2D eigenvalue weighted by Gasteiger charge is -2.39. The highest BCUT2D eigenvalue weighted by atomic mass is 32.1. The van der Waals surface area contributed by atoms with E-state index in [2.05, 4.69) is 54.5 Å². The summed E-state index contributed by atoms with van der Waals surface area (Å²) in [6.07, 6.45) is 1.15. The maximum Gasteiger partial charge on any atom is 0.0510 e. The number of hydrogen-bond donors (Lipinski definition) is 1. The van der Waals surface area contributed by atoms with Crippen molar-refractivity contribution in [3.8, 4) is 0 Å². The van der Waals surface area contributed by atoms with E-state index in [1.54, 1.807) is 4.88 Å². The highest BCUT2D eigenvalue weighted by Crippen LogP contribution is 2.34. The number of fused-ring (bicyclic) bond motifs is 1. The van der Waals surface area contributed by atoms with Crippen molar-refractivity contribution in [3.05, 3.63) is 57.8 Å². The van der Waals surface area contributed by atoms with Gasteiger partial charge in [-0.25, -0.2) is 0 Å². The van der Waals surface area contributed by atoms with E-state index in [9.17, 15) is 0 Å². The summed E-state index contributed by atoms with van der Waals surface area (Å²) in [5.74, 6) is 0. The van der Waals surface area contributed by atoms with E-state index < -0.39 is 0 Å². The second kappa shape index (κ2) is 5.32. The molecule has 106 valence electrons. The standard InChI is InChI=1S/C17H22N2S/c1-13-15-9-11-20-16(15)8-10-19(13)12-17(2,18)14-6-4-3-5-7-14/h3-7,9,11,13H,8,10,12,18H2,1-2H3. The van der Waals surface area contributed by atoms with Gasteiger partial charge in [0.2, 0.25) is 0 Å². The average molecular weight is 286 g/mol. The van der Waals surface area contributed by atoms with Crippen LogP contribution in [0.25, 0.3) is 0 Å². The summed E-state index contributed by atoms with van der Waals surface area (Å²) < 4.78 is 0. The van der Waals surface area contributed by atoms with Crippen LogP contribution in [-0.4, -0.2) is 18.0 Å². The van der Waals surface area contributed by atoms with Crippen LogP contribution >= 0.6 is 11.3 Å². The minimum atomic E-state index is -0.303. The van der Waals surface area contributed by atoms with Crippen molar-refractivity contribution in [1.82, 2.24) is 4.90 Å². The van der Waals surface area contributed by atoms with E-state index in [1.165, 1.54) is 11.1 Å². The van der Waals surface area contributed by atoms with Crippen LogP contribution < -0.4 is 5.73 Å². The SMILES string of the molecule is CC1c2ccsc2CCN1CC(C)(N)c1ccccc1. The zero-order valence-corrected chi connectivity index (χ0v) is 13.0. The molecule has 2 atom stereocenters. The smallest absolute Gasteiger partial charge is 0.0510 e. The molecule has 0 bridgehead atoms. The number of rotatable bonds is 3. The molecule has 0 spiro atoms. The molecule has 2 heterocycles. The molecule has 0 saturated heterocycles. The van der Waals surface area contributed by atoms with E-state index in [0.29, 0.717) is 6.04 Å². The van der Waals surface area contributed by atoms with Crippen LogP contribution in [0.15, 0.2) is 41.8 Å². The molecule has 2 N–H and O–H groups in total. The number of nitrogens with two attached hydrogens (primary N) is 1. The molecule has 1 aliphatic rings. The molecule has 0 amide bonds. The van der Waals surface area contributed by atoms with E-state index in [1.807, 2.05) is 17.4 Å². The van der Waals surface area contributed by atoms with Crippen molar-refractivity contribution >= 4 is 11.3 Å². The first-order valence-corrected chi connectivity index (χ1v) is 8.10.